The molecule has 30 heavy (non-hydrogen) atoms. The molecule has 0 aliphatic carbocycles. The number of fused-ring (bicyclic) bond motifs is 1. The van der Waals surface area contributed by atoms with Crippen LogP contribution in [0.3, 0.4) is 0 Å². The van der Waals surface area contributed by atoms with Crippen molar-refractivity contribution < 1.29 is 22.3 Å². The molecule has 1 aliphatic heterocycles. The average molecular weight is 458 g/mol. The highest BCUT2D eigenvalue weighted by atomic mass is 35.5. The van der Waals surface area contributed by atoms with Gasteiger partial charge in [0.1, 0.15) is 11.3 Å². The fourth-order valence-electron chi connectivity index (χ4n) is 3.45. The van der Waals surface area contributed by atoms with Gasteiger partial charge in [0, 0.05) is 29.7 Å². The molecule has 2 N–H and O–H groups in total. The van der Waals surface area contributed by atoms with Gasteiger partial charge in [0.25, 0.3) is 0 Å². The van der Waals surface area contributed by atoms with Crippen LogP contribution in [0.1, 0.15) is 6.42 Å². The average Bonchev–Trinajstić information content (AvgIpc) is 2.98. The molecule has 2 aromatic heterocycles. The van der Waals surface area contributed by atoms with E-state index in [1.165, 1.54) is 27.2 Å². The molecular weight excluding hydrogens is 440 g/mol. The number of benzene rings is 1. The third-order valence-corrected chi connectivity index (χ3v) is 6.51. The first-order chi connectivity index (χ1) is 14.1. The minimum atomic E-state index is -3.40. The lowest BCUT2D eigenvalue weighted by molar-refractivity contribution is 0.0950. The van der Waals surface area contributed by atoms with Crippen molar-refractivity contribution in [3.8, 4) is 11.3 Å². The highest BCUT2D eigenvalue weighted by molar-refractivity contribution is 7.88. The fraction of sp³-hybridized carbons (Fsp3) is 0.333. The van der Waals surface area contributed by atoms with E-state index in [4.69, 9.17) is 11.6 Å². The normalized spacial score (nSPS) is 20.6. The number of nitrogens with zero attached hydrogens (tertiary/aromatic N) is 4. The first-order valence-electron chi connectivity index (χ1n) is 9.03. The highest BCUT2D eigenvalue weighted by Crippen LogP contribution is 2.29. The summed E-state index contributed by atoms with van der Waals surface area (Å²) in [6.45, 7) is 0.174. The van der Waals surface area contributed by atoms with Crippen LogP contribution in [0, 0.1) is 11.6 Å². The van der Waals surface area contributed by atoms with Gasteiger partial charge in [-0.2, -0.15) is 4.31 Å². The summed E-state index contributed by atoms with van der Waals surface area (Å²) in [6.07, 6.45) is 1.68. The first-order valence-corrected chi connectivity index (χ1v) is 11.3. The van der Waals surface area contributed by atoms with Gasteiger partial charge in [-0.25, -0.2) is 26.7 Å². The molecule has 0 saturated carbocycles. The second kappa shape index (κ2) is 7.73. The Kier molecular flexibility index (Phi) is 5.39. The summed E-state index contributed by atoms with van der Waals surface area (Å²) in [4.78, 5) is 4.07. The molecule has 1 saturated heterocycles. The molecule has 1 aromatic carbocycles. The molecule has 0 spiro atoms. The van der Waals surface area contributed by atoms with Crippen molar-refractivity contribution in [3.05, 3.63) is 47.1 Å². The third kappa shape index (κ3) is 3.97. The van der Waals surface area contributed by atoms with Crippen LogP contribution in [0.5, 0.6) is 0 Å². The number of sulfonamides is 1. The van der Waals surface area contributed by atoms with Crippen molar-refractivity contribution in [2.45, 2.75) is 18.6 Å². The zero-order chi connectivity index (χ0) is 21.6. The van der Waals surface area contributed by atoms with E-state index in [9.17, 15) is 22.3 Å². The molecule has 8 nitrogen and oxygen atoms in total. The van der Waals surface area contributed by atoms with E-state index in [0.717, 1.165) is 18.4 Å². The molecule has 0 bridgehead atoms. The SMILES string of the molecule is CS(=O)(=O)N1CC[C@@H](Nc2ncc3c(F)cc(-c4ccc(Cl)cc4F)n3n2)[C@H](O)C1. The number of β-amino-alcohol motifs (C(OH)–C–C–N with tert-alkyl or cyclic N) is 1. The van der Waals surface area contributed by atoms with E-state index in [2.05, 4.69) is 15.4 Å². The molecule has 12 heteroatoms. The summed E-state index contributed by atoms with van der Waals surface area (Å²) >= 11 is 5.79. The standard InChI is InChI=1S/C18H18ClF2N5O3S/c1-30(28,29)25-5-4-14(17(27)9-25)23-18-22-8-16-13(21)7-15(26(16)24-18)11-3-2-10(19)6-12(11)20/h2-3,6-8,14,17,27H,4-5,9H2,1H3,(H,23,24)/t14-,17-/m1/s1. The van der Waals surface area contributed by atoms with Crippen molar-refractivity contribution in [1.29, 1.82) is 0 Å². The topological polar surface area (TPSA) is 99.8 Å². The molecule has 0 radical (unpaired) electrons. The van der Waals surface area contributed by atoms with Gasteiger partial charge in [0.2, 0.25) is 16.0 Å². The van der Waals surface area contributed by atoms with Crippen LogP contribution in [-0.4, -0.2) is 63.9 Å². The lowest BCUT2D eigenvalue weighted by Crippen LogP contribution is -2.51. The zero-order valence-corrected chi connectivity index (χ0v) is 17.3. The van der Waals surface area contributed by atoms with E-state index < -0.39 is 33.8 Å². The number of aliphatic hydroxyl groups excluding tert-OH is 1. The van der Waals surface area contributed by atoms with E-state index in [-0.39, 0.29) is 40.8 Å². The number of piperidine rings is 1. The number of aliphatic hydroxyl groups is 1. The van der Waals surface area contributed by atoms with Crippen molar-refractivity contribution in [1.82, 2.24) is 18.9 Å². The quantitative estimate of drug-likeness (QED) is 0.622. The second-order valence-electron chi connectivity index (χ2n) is 7.11. The predicted molar refractivity (Wildman–Crippen MR) is 108 cm³/mol. The number of aromatic nitrogens is 3. The third-order valence-electron chi connectivity index (χ3n) is 5.00. The van der Waals surface area contributed by atoms with Crippen LogP contribution in [-0.2, 0) is 10.0 Å². The Morgan fingerprint density at radius 3 is 2.70 bits per heavy atom. The molecule has 1 fully saturated rings. The van der Waals surface area contributed by atoms with Gasteiger partial charge >= 0.3 is 0 Å². The molecule has 3 heterocycles. The van der Waals surface area contributed by atoms with Crippen molar-refractivity contribution >= 4 is 33.1 Å². The van der Waals surface area contributed by atoms with Gasteiger partial charge in [-0.3, -0.25) is 0 Å². The molecule has 2 atom stereocenters. The molecule has 0 amide bonds. The van der Waals surface area contributed by atoms with Gasteiger partial charge in [-0.15, -0.1) is 5.10 Å². The minimum Gasteiger partial charge on any atom is -0.390 e. The van der Waals surface area contributed by atoms with E-state index in [1.54, 1.807) is 0 Å². The van der Waals surface area contributed by atoms with Crippen LogP contribution < -0.4 is 5.32 Å². The Balaban J connectivity index is 1.64. The maximum Gasteiger partial charge on any atom is 0.241 e. The molecule has 3 aromatic rings. The first kappa shape index (κ1) is 20.9. The van der Waals surface area contributed by atoms with Gasteiger partial charge in [-0.1, -0.05) is 11.6 Å². The Morgan fingerprint density at radius 1 is 1.27 bits per heavy atom. The molecule has 160 valence electrons. The Hall–Kier alpha value is -2.34. The maximum absolute atomic E-state index is 14.4. The smallest absolute Gasteiger partial charge is 0.241 e. The van der Waals surface area contributed by atoms with Crippen molar-refractivity contribution in [2.24, 2.45) is 0 Å². The number of nitrogens with one attached hydrogen (secondary N) is 1. The van der Waals surface area contributed by atoms with Crippen molar-refractivity contribution in [3.63, 3.8) is 0 Å². The van der Waals surface area contributed by atoms with E-state index in [1.807, 2.05) is 0 Å². The Morgan fingerprint density at radius 2 is 2.03 bits per heavy atom. The highest BCUT2D eigenvalue weighted by Gasteiger charge is 2.32. The maximum atomic E-state index is 14.4. The second-order valence-corrected chi connectivity index (χ2v) is 9.53. The van der Waals surface area contributed by atoms with Gasteiger partial charge < -0.3 is 10.4 Å². The number of hydrogen-bond donors (Lipinski definition) is 2. The lowest BCUT2D eigenvalue weighted by atomic mass is 10.0. The van der Waals surface area contributed by atoms with E-state index >= 15 is 0 Å². The monoisotopic (exact) mass is 457 g/mol. The van der Waals surface area contributed by atoms with Crippen LogP contribution in [0.2, 0.25) is 5.02 Å². The summed E-state index contributed by atoms with van der Waals surface area (Å²) in [6, 6.07) is 4.69. The number of hydrogen-bond acceptors (Lipinski definition) is 6. The van der Waals surface area contributed by atoms with Gasteiger partial charge in [0.15, 0.2) is 5.82 Å². The van der Waals surface area contributed by atoms with Crippen LogP contribution in [0.4, 0.5) is 14.7 Å². The number of rotatable bonds is 4. The summed E-state index contributed by atoms with van der Waals surface area (Å²) < 4.78 is 54.4. The largest absolute Gasteiger partial charge is 0.390 e. The lowest BCUT2D eigenvalue weighted by Gasteiger charge is -2.34. The predicted octanol–water partition coefficient (Wildman–Crippen LogP) is 2.13. The van der Waals surface area contributed by atoms with Crippen LogP contribution in [0.25, 0.3) is 16.8 Å². The summed E-state index contributed by atoms with van der Waals surface area (Å²) in [5.41, 5.74) is 0.344. The zero-order valence-electron chi connectivity index (χ0n) is 15.8. The van der Waals surface area contributed by atoms with Gasteiger partial charge in [0.05, 0.1) is 30.3 Å². The van der Waals surface area contributed by atoms with Gasteiger partial charge in [-0.05, 0) is 24.6 Å². The molecule has 0 unspecified atom stereocenters. The van der Waals surface area contributed by atoms with Crippen LogP contribution in [0.15, 0.2) is 30.5 Å². The summed E-state index contributed by atoms with van der Waals surface area (Å²) in [7, 11) is -3.40. The minimum absolute atomic E-state index is 0.0531. The van der Waals surface area contributed by atoms with Crippen molar-refractivity contribution in [2.75, 3.05) is 24.7 Å². The number of anilines is 1. The Bertz CT molecular complexity index is 1220. The van der Waals surface area contributed by atoms with E-state index in [0.29, 0.717) is 6.42 Å². The molecular formula is C18H18ClF2N5O3S. The summed E-state index contributed by atoms with van der Waals surface area (Å²) in [5.74, 6) is -1.16. The number of halogens is 3. The molecule has 1 aliphatic rings. The Labute approximate surface area is 176 Å². The summed E-state index contributed by atoms with van der Waals surface area (Å²) in [5, 5.41) is 17.7. The van der Waals surface area contributed by atoms with Crippen LogP contribution >= 0.6 is 11.6 Å². The fourth-order valence-corrected chi connectivity index (χ4v) is 4.47. The molecule has 4 rings (SSSR count).